The third-order valence-electron chi connectivity index (χ3n) is 2.78. The Morgan fingerprint density at radius 1 is 1.32 bits per heavy atom. The highest BCUT2D eigenvalue weighted by Gasteiger charge is 2.16. The van der Waals surface area contributed by atoms with Gasteiger partial charge in [0, 0.05) is 19.2 Å². The van der Waals surface area contributed by atoms with Gasteiger partial charge in [0.05, 0.1) is 26.5 Å². The minimum atomic E-state index is -0.0275. The smallest absolute Gasteiger partial charge is 0.240 e. The molecule has 0 atom stereocenters. The number of anilines is 1. The predicted octanol–water partition coefficient (Wildman–Crippen LogP) is 1.66. The zero-order valence-electron chi connectivity index (χ0n) is 12.2. The molecule has 1 N–H and O–H groups in total. The van der Waals surface area contributed by atoms with E-state index in [2.05, 4.69) is 5.32 Å². The fourth-order valence-electron chi connectivity index (χ4n) is 1.60. The van der Waals surface area contributed by atoms with E-state index < -0.39 is 0 Å². The molecule has 5 heteroatoms. The van der Waals surface area contributed by atoms with Crippen molar-refractivity contribution >= 4 is 11.6 Å². The van der Waals surface area contributed by atoms with E-state index in [1.54, 1.807) is 44.4 Å². The Bertz CT molecular complexity index is 433. The quantitative estimate of drug-likeness (QED) is 0.851. The number of benzene rings is 1. The van der Waals surface area contributed by atoms with E-state index in [0.29, 0.717) is 17.2 Å². The van der Waals surface area contributed by atoms with Crippen LogP contribution in [0.25, 0.3) is 0 Å². The van der Waals surface area contributed by atoms with E-state index in [9.17, 15) is 4.79 Å². The van der Waals surface area contributed by atoms with Gasteiger partial charge in [-0.3, -0.25) is 4.79 Å². The maximum Gasteiger partial charge on any atom is 0.240 e. The molecule has 0 fully saturated rings. The number of nitrogens with zero attached hydrogens (tertiary/aromatic N) is 1. The Balaban J connectivity index is 2.90. The van der Waals surface area contributed by atoms with Crippen molar-refractivity contribution in [2.24, 2.45) is 0 Å². The number of carbonyl (C=O) groups excluding carboxylic acids is 1. The van der Waals surface area contributed by atoms with Crippen LogP contribution in [0.15, 0.2) is 18.2 Å². The van der Waals surface area contributed by atoms with Gasteiger partial charge in [-0.1, -0.05) is 13.8 Å². The number of nitrogens with one attached hydrogen (secondary N) is 1. The van der Waals surface area contributed by atoms with E-state index in [4.69, 9.17) is 9.47 Å². The van der Waals surface area contributed by atoms with E-state index >= 15 is 0 Å². The molecule has 19 heavy (non-hydrogen) atoms. The number of rotatable bonds is 6. The summed E-state index contributed by atoms with van der Waals surface area (Å²) in [5, 5.41) is 3.10. The van der Waals surface area contributed by atoms with Gasteiger partial charge in [0.1, 0.15) is 11.5 Å². The number of methoxy groups -OCH3 is 2. The van der Waals surface area contributed by atoms with E-state index in [0.717, 1.165) is 0 Å². The second kappa shape index (κ2) is 6.99. The summed E-state index contributed by atoms with van der Waals surface area (Å²) in [5.41, 5.74) is 0.692. The molecule has 1 aromatic carbocycles. The van der Waals surface area contributed by atoms with Crippen LogP contribution >= 0.6 is 0 Å². The summed E-state index contributed by atoms with van der Waals surface area (Å²) in [5.74, 6) is 1.30. The Hall–Kier alpha value is -1.75. The highest BCUT2D eigenvalue weighted by molar-refractivity contribution is 5.96. The molecule has 106 valence electrons. The molecular formula is C14H22N2O3. The van der Waals surface area contributed by atoms with Crippen LogP contribution in [-0.4, -0.2) is 39.8 Å². The fourth-order valence-corrected chi connectivity index (χ4v) is 1.60. The molecule has 0 aliphatic carbocycles. The van der Waals surface area contributed by atoms with Gasteiger partial charge in [0.2, 0.25) is 5.91 Å². The zero-order chi connectivity index (χ0) is 14.4. The van der Waals surface area contributed by atoms with Crippen LogP contribution in [0.5, 0.6) is 11.5 Å². The molecular weight excluding hydrogens is 244 g/mol. The molecule has 0 aliphatic heterocycles. The van der Waals surface area contributed by atoms with Crippen molar-refractivity contribution in [1.29, 1.82) is 0 Å². The SMILES string of the molecule is COc1ccc(OC)c(N(C)C(=O)CNC(C)C)c1. The van der Waals surface area contributed by atoms with Gasteiger partial charge in [-0.05, 0) is 12.1 Å². The maximum absolute atomic E-state index is 12.1. The molecule has 0 unspecified atom stereocenters. The monoisotopic (exact) mass is 266 g/mol. The molecule has 5 nitrogen and oxygen atoms in total. The minimum absolute atomic E-state index is 0.0275. The van der Waals surface area contributed by atoms with Gasteiger partial charge in [-0.15, -0.1) is 0 Å². The molecule has 0 bridgehead atoms. The number of carbonyl (C=O) groups is 1. The van der Waals surface area contributed by atoms with Crippen LogP contribution in [0.3, 0.4) is 0 Å². The van der Waals surface area contributed by atoms with Gasteiger partial charge >= 0.3 is 0 Å². The first-order chi connectivity index (χ1) is 8.99. The molecule has 0 saturated carbocycles. The lowest BCUT2D eigenvalue weighted by Gasteiger charge is -2.21. The predicted molar refractivity (Wildman–Crippen MR) is 76.1 cm³/mol. The topological polar surface area (TPSA) is 50.8 Å². The first-order valence-corrected chi connectivity index (χ1v) is 6.21. The largest absolute Gasteiger partial charge is 0.497 e. The van der Waals surface area contributed by atoms with Crippen LogP contribution in [0.1, 0.15) is 13.8 Å². The number of amides is 1. The highest BCUT2D eigenvalue weighted by atomic mass is 16.5. The van der Waals surface area contributed by atoms with Gasteiger partial charge in [0.25, 0.3) is 0 Å². The third kappa shape index (κ3) is 4.13. The lowest BCUT2D eigenvalue weighted by atomic mass is 10.2. The fraction of sp³-hybridized carbons (Fsp3) is 0.500. The van der Waals surface area contributed by atoms with Crippen LogP contribution < -0.4 is 19.7 Å². The summed E-state index contributed by atoms with van der Waals surface area (Å²) < 4.78 is 10.4. The second-order valence-corrected chi connectivity index (χ2v) is 4.53. The van der Waals surface area contributed by atoms with Crippen molar-refractivity contribution in [3.05, 3.63) is 18.2 Å². The number of likely N-dealkylation sites (N-methyl/N-ethyl adjacent to an activating group) is 1. The number of ether oxygens (including phenoxy) is 2. The molecule has 0 aromatic heterocycles. The Kier molecular flexibility index (Phi) is 5.63. The first kappa shape index (κ1) is 15.3. The summed E-state index contributed by atoms with van der Waals surface area (Å²) in [6, 6.07) is 5.64. The van der Waals surface area contributed by atoms with Gasteiger partial charge in [-0.2, -0.15) is 0 Å². The van der Waals surface area contributed by atoms with Crippen LogP contribution in [0.4, 0.5) is 5.69 Å². The minimum Gasteiger partial charge on any atom is -0.497 e. The van der Waals surface area contributed by atoms with Crippen LogP contribution in [0.2, 0.25) is 0 Å². The lowest BCUT2D eigenvalue weighted by molar-refractivity contribution is -0.117. The zero-order valence-corrected chi connectivity index (χ0v) is 12.2. The van der Waals surface area contributed by atoms with Crippen molar-refractivity contribution in [1.82, 2.24) is 5.32 Å². The van der Waals surface area contributed by atoms with Crippen LogP contribution in [-0.2, 0) is 4.79 Å². The third-order valence-corrected chi connectivity index (χ3v) is 2.78. The van der Waals surface area contributed by atoms with Gasteiger partial charge < -0.3 is 19.7 Å². The number of hydrogen-bond donors (Lipinski definition) is 1. The standard InChI is InChI=1S/C14H22N2O3/c1-10(2)15-9-14(17)16(3)12-8-11(18-4)6-7-13(12)19-5/h6-8,10,15H,9H2,1-5H3. The summed E-state index contributed by atoms with van der Waals surface area (Å²) in [6.07, 6.45) is 0. The highest BCUT2D eigenvalue weighted by Crippen LogP contribution is 2.31. The maximum atomic E-state index is 12.1. The average Bonchev–Trinajstić information content (AvgIpc) is 2.42. The van der Waals surface area contributed by atoms with Crippen molar-refractivity contribution < 1.29 is 14.3 Å². The molecule has 0 spiro atoms. The molecule has 0 radical (unpaired) electrons. The lowest BCUT2D eigenvalue weighted by Crippen LogP contribution is -2.38. The van der Waals surface area contributed by atoms with Crippen LogP contribution in [0, 0.1) is 0 Å². The Morgan fingerprint density at radius 3 is 2.53 bits per heavy atom. The van der Waals surface area contributed by atoms with E-state index in [1.807, 2.05) is 13.8 Å². The molecule has 1 aromatic rings. The van der Waals surface area contributed by atoms with E-state index in [1.165, 1.54) is 0 Å². The Labute approximate surface area is 114 Å². The second-order valence-electron chi connectivity index (χ2n) is 4.53. The Morgan fingerprint density at radius 2 is 2.00 bits per heavy atom. The summed E-state index contributed by atoms with van der Waals surface area (Å²) in [7, 11) is 4.89. The van der Waals surface area contributed by atoms with Crippen molar-refractivity contribution in [3.8, 4) is 11.5 Å². The van der Waals surface area contributed by atoms with E-state index in [-0.39, 0.29) is 18.5 Å². The summed E-state index contributed by atoms with van der Waals surface area (Å²) in [6.45, 7) is 4.29. The van der Waals surface area contributed by atoms with Crippen molar-refractivity contribution in [2.45, 2.75) is 19.9 Å². The molecule has 1 rings (SSSR count). The molecule has 1 amide bonds. The van der Waals surface area contributed by atoms with Gasteiger partial charge in [0.15, 0.2) is 0 Å². The average molecular weight is 266 g/mol. The molecule has 0 aliphatic rings. The van der Waals surface area contributed by atoms with Crippen molar-refractivity contribution in [2.75, 3.05) is 32.7 Å². The summed E-state index contributed by atoms with van der Waals surface area (Å²) in [4.78, 5) is 13.6. The summed E-state index contributed by atoms with van der Waals surface area (Å²) >= 11 is 0. The molecule has 0 heterocycles. The normalized spacial score (nSPS) is 10.4. The van der Waals surface area contributed by atoms with Crippen molar-refractivity contribution in [3.63, 3.8) is 0 Å². The van der Waals surface area contributed by atoms with Gasteiger partial charge in [-0.25, -0.2) is 0 Å². The number of hydrogen-bond acceptors (Lipinski definition) is 4. The molecule has 0 saturated heterocycles. The first-order valence-electron chi connectivity index (χ1n) is 6.21.